The molecule has 2 saturated heterocycles. The maximum atomic E-state index is 13.2. The molecule has 39 heavy (non-hydrogen) atoms. The molecule has 6 heterocycles. The molecule has 2 fully saturated rings. The molecule has 14 heteroatoms. The monoisotopic (exact) mass is 534 g/mol. The normalized spacial score (nSPS) is 17.5. The number of morpholine rings is 1. The lowest BCUT2D eigenvalue weighted by Gasteiger charge is -2.24. The molecule has 0 radical (unpaired) electrons. The Hall–Kier alpha value is -4.72. The van der Waals surface area contributed by atoms with Gasteiger partial charge in [-0.1, -0.05) is 0 Å². The summed E-state index contributed by atoms with van der Waals surface area (Å²) in [7, 11) is 0. The SMILES string of the molecule is Cc1cc(-c2nc(C(=O)Nc3cc4oc(N5CCOCC5)nc4nc3NC3CCN(C(=O)O)C3)co2)ccn1. The molecule has 2 aliphatic rings. The number of hydrogen-bond donors (Lipinski definition) is 3. The van der Waals surface area contributed by atoms with E-state index in [1.54, 1.807) is 18.3 Å². The number of nitrogens with one attached hydrogen (secondary N) is 2. The zero-order valence-electron chi connectivity index (χ0n) is 21.1. The van der Waals surface area contributed by atoms with Crippen LogP contribution in [0.5, 0.6) is 0 Å². The third-order valence-corrected chi connectivity index (χ3v) is 6.58. The third-order valence-electron chi connectivity index (χ3n) is 6.58. The number of aryl methyl sites for hydroxylation is 1. The van der Waals surface area contributed by atoms with E-state index in [2.05, 4.69) is 30.6 Å². The highest BCUT2D eigenvalue weighted by Crippen LogP contribution is 2.30. The van der Waals surface area contributed by atoms with E-state index in [1.807, 2.05) is 17.9 Å². The van der Waals surface area contributed by atoms with Crippen molar-refractivity contribution in [3.63, 3.8) is 0 Å². The fourth-order valence-electron chi connectivity index (χ4n) is 4.57. The molecular formula is C25H26N8O6. The summed E-state index contributed by atoms with van der Waals surface area (Å²) >= 11 is 0. The van der Waals surface area contributed by atoms with Crippen molar-refractivity contribution >= 4 is 40.8 Å². The van der Waals surface area contributed by atoms with Crippen molar-refractivity contribution in [2.45, 2.75) is 19.4 Å². The maximum absolute atomic E-state index is 13.2. The molecule has 6 rings (SSSR count). The average molecular weight is 535 g/mol. The summed E-state index contributed by atoms with van der Waals surface area (Å²) in [6.45, 7) is 4.96. The number of carbonyl (C=O) groups is 2. The predicted molar refractivity (Wildman–Crippen MR) is 139 cm³/mol. The average Bonchev–Trinajstić information content (AvgIpc) is 3.69. The van der Waals surface area contributed by atoms with Crippen LogP contribution in [0.3, 0.4) is 0 Å². The van der Waals surface area contributed by atoms with Crippen LogP contribution in [-0.2, 0) is 4.74 Å². The number of aromatic nitrogens is 4. The molecule has 0 saturated carbocycles. The molecule has 3 N–H and O–H groups in total. The number of rotatable bonds is 6. The van der Waals surface area contributed by atoms with E-state index in [1.165, 1.54) is 11.2 Å². The number of hydrogen-bond acceptors (Lipinski definition) is 11. The van der Waals surface area contributed by atoms with Gasteiger partial charge in [-0.25, -0.2) is 14.8 Å². The summed E-state index contributed by atoms with van der Waals surface area (Å²) in [4.78, 5) is 45.5. The van der Waals surface area contributed by atoms with E-state index in [0.29, 0.717) is 79.5 Å². The Morgan fingerprint density at radius 2 is 1.97 bits per heavy atom. The van der Waals surface area contributed by atoms with Crippen LogP contribution < -0.4 is 15.5 Å². The first-order chi connectivity index (χ1) is 18.9. The molecule has 4 aromatic heterocycles. The highest BCUT2D eigenvalue weighted by Gasteiger charge is 2.28. The van der Waals surface area contributed by atoms with Crippen molar-refractivity contribution in [2.75, 3.05) is 54.9 Å². The van der Waals surface area contributed by atoms with Crippen LogP contribution >= 0.6 is 0 Å². The van der Waals surface area contributed by atoms with Crippen molar-refractivity contribution < 1.29 is 28.3 Å². The molecule has 4 aromatic rings. The van der Waals surface area contributed by atoms with Gasteiger partial charge < -0.3 is 39.1 Å². The Kier molecular flexibility index (Phi) is 6.44. The zero-order valence-corrected chi connectivity index (χ0v) is 21.1. The minimum atomic E-state index is -0.978. The zero-order chi connectivity index (χ0) is 26.9. The number of fused-ring (bicyclic) bond motifs is 1. The van der Waals surface area contributed by atoms with Gasteiger partial charge >= 0.3 is 6.09 Å². The first kappa shape index (κ1) is 24.6. The van der Waals surface area contributed by atoms with Gasteiger partial charge in [-0.2, -0.15) is 4.98 Å². The van der Waals surface area contributed by atoms with Crippen LogP contribution in [0.25, 0.3) is 22.7 Å². The van der Waals surface area contributed by atoms with Gasteiger partial charge in [0.1, 0.15) is 6.26 Å². The molecule has 0 bridgehead atoms. The van der Waals surface area contributed by atoms with Crippen molar-refractivity contribution in [2.24, 2.45) is 0 Å². The minimum Gasteiger partial charge on any atom is -0.465 e. The Morgan fingerprint density at radius 3 is 2.74 bits per heavy atom. The van der Waals surface area contributed by atoms with E-state index < -0.39 is 12.0 Å². The topological polar surface area (TPSA) is 172 Å². The Balaban J connectivity index is 1.29. The summed E-state index contributed by atoms with van der Waals surface area (Å²) < 4.78 is 16.9. The molecule has 0 aliphatic carbocycles. The lowest BCUT2D eigenvalue weighted by atomic mass is 10.2. The first-order valence-electron chi connectivity index (χ1n) is 12.5. The quantitative estimate of drug-likeness (QED) is 0.331. The van der Waals surface area contributed by atoms with Gasteiger partial charge in [0.05, 0.1) is 18.9 Å². The number of pyridine rings is 2. The molecule has 0 spiro atoms. The predicted octanol–water partition coefficient (Wildman–Crippen LogP) is 2.83. The van der Waals surface area contributed by atoms with Gasteiger partial charge in [0.15, 0.2) is 17.1 Å². The van der Waals surface area contributed by atoms with Crippen molar-refractivity contribution in [1.29, 1.82) is 0 Å². The van der Waals surface area contributed by atoms with Gasteiger partial charge in [0, 0.05) is 55.7 Å². The van der Waals surface area contributed by atoms with E-state index in [0.717, 1.165) is 5.69 Å². The van der Waals surface area contributed by atoms with Gasteiger partial charge in [0.25, 0.3) is 11.9 Å². The molecule has 202 valence electrons. The second-order valence-electron chi connectivity index (χ2n) is 9.34. The van der Waals surface area contributed by atoms with Gasteiger partial charge in [-0.3, -0.25) is 9.78 Å². The summed E-state index contributed by atoms with van der Waals surface area (Å²) in [5.41, 5.74) is 2.67. The van der Waals surface area contributed by atoms with Crippen LogP contribution in [0.4, 0.5) is 22.3 Å². The molecule has 14 nitrogen and oxygen atoms in total. The number of carbonyl (C=O) groups excluding carboxylic acids is 1. The first-order valence-corrected chi connectivity index (χ1v) is 12.5. The van der Waals surface area contributed by atoms with Gasteiger partial charge in [-0.05, 0) is 25.5 Å². The van der Waals surface area contributed by atoms with Gasteiger partial charge in [0.2, 0.25) is 11.5 Å². The van der Waals surface area contributed by atoms with E-state index in [-0.39, 0.29) is 18.3 Å². The highest BCUT2D eigenvalue weighted by atomic mass is 16.5. The molecule has 2 amide bonds. The lowest BCUT2D eigenvalue weighted by Crippen LogP contribution is -2.36. The number of likely N-dealkylation sites (tertiary alicyclic amines) is 1. The van der Waals surface area contributed by atoms with E-state index in [9.17, 15) is 14.7 Å². The summed E-state index contributed by atoms with van der Waals surface area (Å²) in [5, 5.41) is 15.4. The number of amides is 2. The number of anilines is 3. The maximum Gasteiger partial charge on any atom is 0.407 e. The van der Waals surface area contributed by atoms with Crippen molar-refractivity contribution in [3.8, 4) is 11.5 Å². The summed E-state index contributed by atoms with van der Waals surface area (Å²) in [5.74, 6) is 0.137. The van der Waals surface area contributed by atoms with Crippen LogP contribution in [0.1, 0.15) is 22.6 Å². The van der Waals surface area contributed by atoms with Crippen LogP contribution in [0, 0.1) is 6.92 Å². The summed E-state index contributed by atoms with van der Waals surface area (Å²) in [6, 6.07) is 5.43. The molecule has 1 atom stereocenters. The molecule has 0 aromatic carbocycles. The smallest absolute Gasteiger partial charge is 0.407 e. The number of nitrogens with zero attached hydrogens (tertiary/aromatic N) is 6. The second kappa shape index (κ2) is 10.2. The Morgan fingerprint density at radius 1 is 1.13 bits per heavy atom. The van der Waals surface area contributed by atoms with Crippen molar-refractivity contribution in [3.05, 3.63) is 42.0 Å². The Bertz CT molecular complexity index is 1530. The largest absolute Gasteiger partial charge is 0.465 e. The molecular weight excluding hydrogens is 508 g/mol. The van der Waals surface area contributed by atoms with E-state index in [4.69, 9.17) is 13.6 Å². The molecule has 2 aliphatic heterocycles. The highest BCUT2D eigenvalue weighted by molar-refractivity contribution is 6.05. The minimum absolute atomic E-state index is 0.0787. The number of carboxylic acid groups (broad SMARTS) is 1. The van der Waals surface area contributed by atoms with Crippen LogP contribution in [0.2, 0.25) is 0 Å². The van der Waals surface area contributed by atoms with Gasteiger partial charge in [-0.15, -0.1) is 0 Å². The standard InChI is InChI=1S/C25H26N8O6/c1-14-10-15(2-4-26-14)23-29-18(13-38-23)22(34)28-17-11-19-21(31-24(39-19)32-6-8-37-9-7-32)30-20(17)27-16-3-5-33(12-16)25(35)36/h2,4,10-11,13,16H,3,5-9,12H2,1H3,(H,27,30)(H,28,34)(H,35,36). The third kappa shape index (κ3) is 5.18. The Labute approximate surface area is 222 Å². The number of oxazole rings is 2. The van der Waals surface area contributed by atoms with Crippen LogP contribution in [-0.4, -0.2) is 87.4 Å². The number of ether oxygens (including phenoxy) is 1. The fraction of sp³-hybridized carbons (Fsp3) is 0.360. The fourth-order valence-corrected chi connectivity index (χ4v) is 4.57. The van der Waals surface area contributed by atoms with Crippen LogP contribution in [0.15, 0.2) is 39.5 Å². The van der Waals surface area contributed by atoms with E-state index >= 15 is 0 Å². The molecule has 1 unspecified atom stereocenters. The lowest BCUT2D eigenvalue weighted by molar-refractivity contribution is 0.102. The second-order valence-corrected chi connectivity index (χ2v) is 9.34. The summed E-state index contributed by atoms with van der Waals surface area (Å²) in [6.07, 6.45) is 2.54. The van der Waals surface area contributed by atoms with Crippen molar-refractivity contribution in [1.82, 2.24) is 24.8 Å².